The van der Waals surface area contributed by atoms with Crippen molar-refractivity contribution in [2.75, 3.05) is 11.6 Å². The van der Waals surface area contributed by atoms with Gasteiger partial charge in [0.25, 0.3) is 0 Å². The lowest BCUT2D eigenvalue weighted by Crippen LogP contribution is -2.40. The van der Waals surface area contributed by atoms with Crippen molar-refractivity contribution in [3.63, 3.8) is 0 Å². The standard InChI is InChI=1S/C15H17N3O5S2/c1-8-12(10-4-6-11(7-5-10)25(3,22)23)24-15(17-8)18-14(21)16-9(2)13(19)20/h4-7,9H,1-3H3,(H,19,20)(H2,16,17,18,21). The number of aliphatic carboxylic acids is 1. The highest BCUT2D eigenvalue weighted by molar-refractivity contribution is 7.90. The zero-order valence-corrected chi connectivity index (χ0v) is 15.4. The van der Waals surface area contributed by atoms with E-state index in [4.69, 9.17) is 5.11 Å². The van der Waals surface area contributed by atoms with Gasteiger partial charge in [0, 0.05) is 6.26 Å². The van der Waals surface area contributed by atoms with Gasteiger partial charge in [-0.05, 0) is 31.5 Å². The Morgan fingerprint density at radius 3 is 2.36 bits per heavy atom. The minimum atomic E-state index is -3.27. The van der Waals surface area contributed by atoms with Crippen LogP contribution in [0.1, 0.15) is 12.6 Å². The third kappa shape index (κ3) is 4.77. The molecule has 0 fully saturated rings. The second-order valence-corrected chi connectivity index (χ2v) is 8.40. The molecule has 2 aromatic rings. The normalized spacial score (nSPS) is 12.4. The number of hydrogen-bond donors (Lipinski definition) is 3. The average Bonchev–Trinajstić information content (AvgIpc) is 2.86. The first-order valence-corrected chi connectivity index (χ1v) is 9.87. The minimum absolute atomic E-state index is 0.221. The largest absolute Gasteiger partial charge is 0.480 e. The van der Waals surface area contributed by atoms with E-state index in [1.54, 1.807) is 19.1 Å². The highest BCUT2D eigenvalue weighted by atomic mass is 32.2. The number of carbonyl (C=O) groups excluding carboxylic acids is 1. The van der Waals surface area contributed by atoms with Gasteiger partial charge in [-0.1, -0.05) is 23.5 Å². The van der Waals surface area contributed by atoms with Crippen LogP contribution in [0.2, 0.25) is 0 Å². The number of thiazole rings is 1. The van der Waals surface area contributed by atoms with Crippen molar-refractivity contribution in [2.24, 2.45) is 0 Å². The molecule has 134 valence electrons. The van der Waals surface area contributed by atoms with E-state index in [9.17, 15) is 18.0 Å². The summed E-state index contributed by atoms with van der Waals surface area (Å²) in [6.45, 7) is 3.11. The summed E-state index contributed by atoms with van der Waals surface area (Å²) in [5.74, 6) is -1.14. The summed E-state index contributed by atoms with van der Waals surface area (Å²) in [4.78, 5) is 27.7. The Labute approximate surface area is 148 Å². The SMILES string of the molecule is Cc1nc(NC(=O)NC(C)C(=O)O)sc1-c1ccc(S(C)(=O)=O)cc1. The van der Waals surface area contributed by atoms with Gasteiger partial charge in [-0.15, -0.1) is 0 Å². The Kier molecular flexibility index (Phi) is 5.43. The van der Waals surface area contributed by atoms with E-state index in [-0.39, 0.29) is 4.90 Å². The molecule has 0 radical (unpaired) electrons. The third-order valence-electron chi connectivity index (χ3n) is 3.28. The number of rotatable bonds is 5. The third-order valence-corrected chi connectivity index (χ3v) is 5.53. The summed E-state index contributed by atoms with van der Waals surface area (Å²) in [6.07, 6.45) is 1.14. The van der Waals surface area contributed by atoms with Gasteiger partial charge in [0.05, 0.1) is 15.5 Å². The maximum Gasteiger partial charge on any atom is 0.325 e. The second-order valence-electron chi connectivity index (χ2n) is 5.39. The summed E-state index contributed by atoms with van der Waals surface area (Å²) >= 11 is 1.21. The molecule has 0 aliphatic heterocycles. The molecule has 25 heavy (non-hydrogen) atoms. The van der Waals surface area contributed by atoms with Crippen LogP contribution in [0.25, 0.3) is 10.4 Å². The molecule has 0 aliphatic rings. The first-order valence-electron chi connectivity index (χ1n) is 7.16. The molecular weight excluding hydrogens is 366 g/mol. The van der Waals surface area contributed by atoms with Gasteiger partial charge in [0.15, 0.2) is 15.0 Å². The van der Waals surface area contributed by atoms with Crippen LogP contribution in [0.3, 0.4) is 0 Å². The highest BCUT2D eigenvalue weighted by Crippen LogP contribution is 2.33. The van der Waals surface area contributed by atoms with Gasteiger partial charge in [-0.3, -0.25) is 10.1 Å². The van der Waals surface area contributed by atoms with Crippen molar-refractivity contribution in [3.8, 4) is 10.4 Å². The van der Waals surface area contributed by atoms with E-state index >= 15 is 0 Å². The van der Waals surface area contributed by atoms with Gasteiger partial charge < -0.3 is 10.4 Å². The van der Waals surface area contributed by atoms with Crippen LogP contribution < -0.4 is 10.6 Å². The number of aryl methyl sites for hydroxylation is 1. The molecule has 2 rings (SSSR count). The molecule has 10 heteroatoms. The van der Waals surface area contributed by atoms with Crippen LogP contribution >= 0.6 is 11.3 Å². The van der Waals surface area contributed by atoms with Crippen molar-refractivity contribution in [1.29, 1.82) is 0 Å². The summed E-state index contributed by atoms with van der Waals surface area (Å²) in [5, 5.41) is 13.9. The van der Waals surface area contributed by atoms with Crippen LogP contribution in [-0.2, 0) is 14.6 Å². The molecule has 0 bridgehead atoms. The molecule has 1 atom stereocenters. The van der Waals surface area contributed by atoms with Gasteiger partial charge in [0.1, 0.15) is 6.04 Å². The number of anilines is 1. The lowest BCUT2D eigenvalue weighted by Gasteiger charge is -2.08. The molecule has 8 nitrogen and oxygen atoms in total. The van der Waals surface area contributed by atoms with Crippen molar-refractivity contribution in [2.45, 2.75) is 24.8 Å². The summed E-state index contributed by atoms with van der Waals surface area (Å²) in [6, 6.07) is 4.68. The lowest BCUT2D eigenvalue weighted by molar-refractivity contribution is -0.138. The maximum absolute atomic E-state index is 11.8. The molecule has 1 unspecified atom stereocenters. The quantitative estimate of drug-likeness (QED) is 0.726. The van der Waals surface area contributed by atoms with Crippen LogP contribution in [0.4, 0.5) is 9.93 Å². The Morgan fingerprint density at radius 2 is 1.84 bits per heavy atom. The molecule has 2 amide bonds. The van der Waals surface area contributed by atoms with Crippen LogP contribution in [-0.4, -0.2) is 42.8 Å². The highest BCUT2D eigenvalue weighted by Gasteiger charge is 2.16. The Bertz CT molecular complexity index is 904. The second kappa shape index (κ2) is 7.19. The van der Waals surface area contributed by atoms with Crippen LogP contribution in [0, 0.1) is 6.92 Å². The van der Waals surface area contributed by atoms with E-state index in [0.717, 1.165) is 16.7 Å². The molecular formula is C15H17N3O5S2. The number of carboxylic acid groups (broad SMARTS) is 1. The molecule has 0 spiro atoms. The number of nitrogens with zero attached hydrogens (tertiary/aromatic N) is 1. The summed E-state index contributed by atoms with van der Waals surface area (Å²) in [5.41, 5.74) is 1.44. The molecule has 0 saturated heterocycles. The molecule has 1 aromatic carbocycles. The van der Waals surface area contributed by atoms with E-state index in [1.807, 2.05) is 0 Å². The zero-order valence-electron chi connectivity index (χ0n) is 13.7. The first-order chi connectivity index (χ1) is 11.6. The van der Waals surface area contributed by atoms with Gasteiger partial charge in [-0.2, -0.15) is 0 Å². The summed E-state index contributed by atoms with van der Waals surface area (Å²) < 4.78 is 23.0. The Hall–Kier alpha value is -2.46. The first kappa shape index (κ1) is 18.9. The van der Waals surface area contributed by atoms with E-state index in [1.165, 1.54) is 30.4 Å². The number of carboxylic acids is 1. The minimum Gasteiger partial charge on any atom is -0.480 e. The molecule has 0 aliphatic carbocycles. The number of hydrogen-bond acceptors (Lipinski definition) is 6. The predicted octanol–water partition coefficient (Wildman–Crippen LogP) is 2.12. The number of sulfone groups is 1. The van der Waals surface area contributed by atoms with Gasteiger partial charge in [-0.25, -0.2) is 18.2 Å². The van der Waals surface area contributed by atoms with Crippen molar-refractivity contribution >= 4 is 38.3 Å². The number of urea groups is 1. The summed E-state index contributed by atoms with van der Waals surface area (Å²) in [7, 11) is -3.27. The number of benzene rings is 1. The number of amides is 2. The van der Waals surface area contributed by atoms with E-state index in [0.29, 0.717) is 10.8 Å². The topological polar surface area (TPSA) is 125 Å². The lowest BCUT2D eigenvalue weighted by atomic mass is 10.2. The van der Waals surface area contributed by atoms with Crippen molar-refractivity contribution in [1.82, 2.24) is 10.3 Å². The smallest absolute Gasteiger partial charge is 0.325 e. The van der Waals surface area contributed by atoms with Crippen molar-refractivity contribution in [3.05, 3.63) is 30.0 Å². The van der Waals surface area contributed by atoms with E-state index < -0.39 is 27.9 Å². The van der Waals surface area contributed by atoms with Crippen LogP contribution in [0.15, 0.2) is 29.2 Å². The monoisotopic (exact) mass is 383 g/mol. The number of aromatic nitrogens is 1. The Morgan fingerprint density at radius 1 is 1.24 bits per heavy atom. The molecule has 0 saturated carbocycles. The van der Waals surface area contributed by atoms with Gasteiger partial charge in [0.2, 0.25) is 0 Å². The number of nitrogens with one attached hydrogen (secondary N) is 2. The fraction of sp³-hybridized carbons (Fsp3) is 0.267. The predicted molar refractivity (Wildman–Crippen MR) is 94.6 cm³/mol. The fourth-order valence-corrected chi connectivity index (χ4v) is 3.56. The van der Waals surface area contributed by atoms with Gasteiger partial charge >= 0.3 is 12.0 Å². The van der Waals surface area contributed by atoms with Crippen LogP contribution in [0.5, 0.6) is 0 Å². The van der Waals surface area contributed by atoms with E-state index in [2.05, 4.69) is 15.6 Å². The molecule has 3 N–H and O–H groups in total. The number of carbonyl (C=O) groups is 2. The molecule has 1 aromatic heterocycles. The maximum atomic E-state index is 11.8. The fourth-order valence-electron chi connectivity index (χ4n) is 1.96. The average molecular weight is 383 g/mol. The molecule has 1 heterocycles. The Balaban J connectivity index is 2.17. The van der Waals surface area contributed by atoms with Crippen molar-refractivity contribution < 1.29 is 23.1 Å². The zero-order chi connectivity index (χ0) is 18.8.